The number of fused-ring (bicyclic) bond motifs is 5. The van der Waals surface area contributed by atoms with Crippen LogP contribution in [0.3, 0.4) is 0 Å². The van der Waals surface area contributed by atoms with Gasteiger partial charge >= 0.3 is 0 Å². The van der Waals surface area contributed by atoms with Crippen molar-refractivity contribution in [3.63, 3.8) is 0 Å². The highest BCUT2D eigenvalue weighted by molar-refractivity contribution is 6.07. The molecule has 5 rings (SSSR count). The fraction of sp³-hybridized carbons (Fsp3) is 0.450. The number of nitrogen functional groups attached to an aromatic ring is 1. The van der Waals surface area contributed by atoms with Gasteiger partial charge < -0.3 is 29.4 Å². The number of amides is 1. The Morgan fingerprint density at radius 3 is 2.93 bits per heavy atom. The number of hydrogen-bond donors (Lipinski definition) is 1. The number of rotatable bonds is 3. The second-order valence-corrected chi connectivity index (χ2v) is 7.42. The molecule has 0 radical (unpaired) electrons. The monoisotopic (exact) mass is 397 g/mol. The maximum atomic E-state index is 12.4. The Morgan fingerprint density at radius 2 is 2.10 bits per heavy atom. The van der Waals surface area contributed by atoms with Crippen LogP contribution >= 0.6 is 0 Å². The lowest BCUT2D eigenvalue weighted by atomic mass is 10.1. The molecule has 0 spiro atoms. The van der Waals surface area contributed by atoms with Gasteiger partial charge in [0.25, 0.3) is 5.91 Å². The third-order valence-electron chi connectivity index (χ3n) is 5.45. The number of hydrogen-bond acceptors (Lipinski definition) is 7. The van der Waals surface area contributed by atoms with Crippen molar-refractivity contribution >= 4 is 33.7 Å². The predicted octanol–water partition coefficient (Wildman–Crippen LogP) is 1.50. The first-order chi connectivity index (χ1) is 14.1. The van der Waals surface area contributed by atoms with Gasteiger partial charge in [0.15, 0.2) is 12.4 Å². The number of carbonyl (C=O) groups excluding carboxylic acids is 1. The van der Waals surface area contributed by atoms with Gasteiger partial charge in [-0.05, 0) is 25.1 Å². The second kappa shape index (κ2) is 7.16. The van der Waals surface area contributed by atoms with Crippen LogP contribution in [0.1, 0.15) is 18.8 Å². The molecule has 1 atom stereocenters. The standard InChI is InChI=1S/C20H23N5O4/c1-12-9-28-10-16-23-18-19(25(12)16)14-8-13(2-3-15(14)22-20(18)21)29-11-17(26)24-4-6-27-7-5-24/h2-3,8,12H,4-7,9-11H2,1H3,(H2,21,22)/t12-/m0/s1. The zero-order valence-corrected chi connectivity index (χ0v) is 16.3. The van der Waals surface area contributed by atoms with E-state index in [2.05, 4.69) is 21.5 Å². The number of anilines is 1. The molecular formula is C20H23N5O4. The van der Waals surface area contributed by atoms with Gasteiger partial charge in [0.05, 0.1) is 36.9 Å². The Balaban J connectivity index is 1.50. The summed E-state index contributed by atoms with van der Waals surface area (Å²) in [5, 5.41) is 0.901. The molecule has 2 aliphatic heterocycles. The Labute approximate surface area is 167 Å². The molecule has 0 saturated carbocycles. The molecule has 1 saturated heterocycles. The Hall–Kier alpha value is -2.91. The largest absolute Gasteiger partial charge is 0.484 e. The topological polar surface area (TPSA) is 105 Å². The van der Waals surface area contributed by atoms with E-state index in [-0.39, 0.29) is 18.6 Å². The summed E-state index contributed by atoms with van der Waals surface area (Å²) in [5.74, 6) is 1.81. The molecule has 9 nitrogen and oxygen atoms in total. The van der Waals surface area contributed by atoms with Gasteiger partial charge in [-0.2, -0.15) is 0 Å². The minimum Gasteiger partial charge on any atom is -0.484 e. The molecule has 9 heteroatoms. The first-order valence-corrected chi connectivity index (χ1v) is 9.78. The van der Waals surface area contributed by atoms with Crippen molar-refractivity contribution < 1.29 is 19.0 Å². The number of benzene rings is 1. The number of morpholine rings is 1. The summed E-state index contributed by atoms with van der Waals surface area (Å²) in [6.07, 6.45) is 0. The average Bonchev–Trinajstić information content (AvgIpc) is 3.15. The van der Waals surface area contributed by atoms with E-state index in [0.717, 1.165) is 22.2 Å². The summed E-state index contributed by atoms with van der Waals surface area (Å²) in [7, 11) is 0. The number of pyridine rings is 1. The van der Waals surface area contributed by atoms with Crippen molar-refractivity contribution in [2.45, 2.75) is 19.6 Å². The third-order valence-corrected chi connectivity index (χ3v) is 5.45. The molecule has 152 valence electrons. The van der Waals surface area contributed by atoms with Crippen LogP contribution < -0.4 is 10.5 Å². The Kier molecular flexibility index (Phi) is 4.48. The van der Waals surface area contributed by atoms with Crippen molar-refractivity contribution in [2.75, 3.05) is 45.3 Å². The molecule has 1 fully saturated rings. The number of nitrogens with zero attached hydrogens (tertiary/aromatic N) is 4. The first-order valence-electron chi connectivity index (χ1n) is 9.78. The van der Waals surface area contributed by atoms with Crippen LogP contribution in [0.4, 0.5) is 5.82 Å². The van der Waals surface area contributed by atoms with Crippen molar-refractivity contribution in [3.05, 3.63) is 24.0 Å². The molecule has 0 unspecified atom stereocenters. The minimum atomic E-state index is -0.0403. The molecule has 29 heavy (non-hydrogen) atoms. The molecule has 0 bridgehead atoms. The zero-order chi connectivity index (χ0) is 20.0. The number of nitrogens with two attached hydrogens (primary N) is 1. The lowest BCUT2D eigenvalue weighted by Crippen LogP contribution is -2.42. The highest BCUT2D eigenvalue weighted by Crippen LogP contribution is 2.34. The fourth-order valence-corrected chi connectivity index (χ4v) is 4.01. The molecule has 3 aromatic rings. The van der Waals surface area contributed by atoms with Crippen LogP contribution in [0, 0.1) is 0 Å². The van der Waals surface area contributed by atoms with E-state index in [4.69, 9.17) is 19.9 Å². The number of ether oxygens (including phenoxy) is 3. The quantitative estimate of drug-likeness (QED) is 0.714. The van der Waals surface area contributed by atoms with Crippen molar-refractivity contribution in [2.24, 2.45) is 0 Å². The van der Waals surface area contributed by atoms with Crippen molar-refractivity contribution in [3.8, 4) is 5.75 Å². The highest BCUT2D eigenvalue weighted by Gasteiger charge is 2.24. The van der Waals surface area contributed by atoms with Gasteiger partial charge in [0, 0.05) is 18.5 Å². The normalized spacial score (nSPS) is 19.5. The van der Waals surface area contributed by atoms with E-state index < -0.39 is 0 Å². The van der Waals surface area contributed by atoms with Gasteiger partial charge in [-0.15, -0.1) is 0 Å². The highest BCUT2D eigenvalue weighted by atomic mass is 16.5. The zero-order valence-electron chi connectivity index (χ0n) is 16.3. The van der Waals surface area contributed by atoms with Crippen LogP contribution in [0.15, 0.2) is 18.2 Å². The van der Waals surface area contributed by atoms with Crippen molar-refractivity contribution in [1.29, 1.82) is 0 Å². The first kappa shape index (κ1) is 18.1. The van der Waals surface area contributed by atoms with E-state index >= 15 is 0 Å². The lowest BCUT2D eigenvalue weighted by molar-refractivity contribution is -0.137. The van der Waals surface area contributed by atoms with Gasteiger partial charge in [-0.1, -0.05) is 0 Å². The van der Waals surface area contributed by atoms with E-state index in [9.17, 15) is 4.79 Å². The fourth-order valence-electron chi connectivity index (χ4n) is 4.01. The van der Waals surface area contributed by atoms with E-state index in [1.54, 1.807) is 4.90 Å². The summed E-state index contributed by atoms with van der Waals surface area (Å²) in [6.45, 7) is 5.50. The third kappa shape index (κ3) is 3.16. The van der Waals surface area contributed by atoms with Crippen LogP contribution in [-0.4, -0.2) is 64.9 Å². The molecule has 1 aromatic carbocycles. The summed E-state index contributed by atoms with van der Waals surface area (Å²) in [6, 6.07) is 5.73. The van der Waals surface area contributed by atoms with Gasteiger partial charge in [-0.3, -0.25) is 4.79 Å². The number of aromatic nitrogens is 3. The molecular weight excluding hydrogens is 374 g/mol. The molecule has 2 N–H and O–H groups in total. The predicted molar refractivity (Wildman–Crippen MR) is 107 cm³/mol. The average molecular weight is 397 g/mol. The SMILES string of the molecule is C[C@H]1COCc2nc3c(N)nc4ccc(OCC(=O)N5CCOCC5)cc4c3n21. The van der Waals surface area contributed by atoms with Crippen molar-refractivity contribution in [1.82, 2.24) is 19.4 Å². The molecule has 4 heterocycles. The smallest absolute Gasteiger partial charge is 0.260 e. The maximum absolute atomic E-state index is 12.4. The molecule has 1 amide bonds. The lowest BCUT2D eigenvalue weighted by Gasteiger charge is -2.26. The number of imidazole rings is 1. The van der Waals surface area contributed by atoms with Gasteiger partial charge in [0.1, 0.15) is 23.7 Å². The van der Waals surface area contributed by atoms with E-state index in [1.807, 2.05) is 18.2 Å². The summed E-state index contributed by atoms with van der Waals surface area (Å²) < 4.78 is 18.9. The summed E-state index contributed by atoms with van der Waals surface area (Å²) >= 11 is 0. The van der Waals surface area contributed by atoms with E-state index in [1.165, 1.54) is 0 Å². The van der Waals surface area contributed by atoms with Gasteiger partial charge in [-0.25, -0.2) is 9.97 Å². The minimum absolute atomic E-state index is 0.00813. The van der Waals surface area contributed by atoms with Crippen LogP contribution in [0.25, 0.3) is 21.9 Å². The molecule has 2 aromatic heterocycles. The second-order valence-electron chi connectivity index (χ2n) is 7.42. The maximum Gasteiger partial charge on any atom is 0.260 e. The Bertz CT molecular complexity index is 1090. The van der Waals surface area contributed by atoms with Crippen LogP contribution in [-0.2, 0) is 20.9 Å². The number of carbonyl (C=O) groups is 1. The Morgan fingerprint density at radius 1 is 1.28 bits per heavy atom. The van der Waals surface area contributed by atoms with Gasteiger partial charge in [0.2, 0.25) is 0 Å². The van der Waals surface area contributed by atoms with Crippen LogP contribution in [0.2, 0.25) is 0 Å². The molecule has 0 aliphatic carbocycles. The summed E-state index contributed by atoms with van der Waals surface area (Å²) in [5.41, 5.74) is 8.55. The van der Waals surface area contributed by atoms with Crippen LogP contribution in [0.5, 0.6) is 5.75 Å². The molecule has 2 aliphatic rings. The van der Waals surface area contributed by atoms with E-state index in [0.29, 0.717) is 56.6 Å². The summed E-state index contributed by atoms with van der Waals surface area (Å²) in [4.78, 5) is 23.3.